The van der Waals surface area contributed by atoms with Gasteiger partial charge in [0.25, 0.3) is 11.8 Å². The van der Waals surface area contributed by atoms with Gasteiger partial charge in [0.1, 0.15) is 18.0 Å². The number of aromatic nitrogens is 4. The first-order valence-electron chi connectivity index (χ1n) is 16.3. The van der Waals surface area contributed by atoms with Crippen LogP contribution in [-0.4, -0.2) is 56.1 Å². The van der Waals surface area contributed by atoms with Crippen molar-refractivity contribution in [1.82, 2.24) is 24.6 Å². The molecule has 272 valence electrons. The molecular formula is C35H30F8N8O. The number of hydrogen-bond acceptors (Lipinski definition) is 7. The first kappa shape index (κ1) is 35.3. The van der Waals surface area contributed by atoms with Gasteiger partial charge >= 0.3 is 12.4 Å². The number of unbranched alkanes of at least 4 members (excludes halogenated alkanes) is 1. The van der Waals surface area contributed by atoms with E-state index in [1.54, 1.807) is 7.05 Å². The largest absolute Gasteiger partial charge is 0.416 e. The highest BCUT2D eigenvalue weighted by Gasteiger charge is 2.66. The van der Waals surface area contributed by atoms with Gasteiger partial charge < -0.3 is 9.88 Å². The van der Waals surface area contributed by atoms with E-state index in [2.05, 4.69) is 20.5 Å². The zero-order chi connectivity index (χ0) is 37.2. The summed E-state index contributed by atoms with van der Waals surface area (Å²) < 4.78 is 116. The Morgan fingerprint density at radius 1 is 0.962 bits per heavy atom. The summed E-state index contributed by atoms with van der Waals surface area (Å²) in [5, 5.41) is 19.8. The number of alkyl halides is 8. The average Bonchev–Trinajstić information content (AvgIpc) is 3.53. The molecule has 0 atom stereocenters. The molecule has 4 heterocycles. The number of halogens is 8. The number of amides is 1. The predicted molar refractivity (Wildman–Crippen MR) is 172 cm³/mol. The maximum atomic E-state index is 14.7. The third kappa shape index (κ3) is 6.44. The number of rotatable bonds is 9. The number of nitrogens with one attached hydrogen (secondary N) is 1. The highest BCUT2D eigenvalue weighted by atomic mass is 19.4. The number of nitriles is 1. The van der Waals surface area contributed by atoms with E-state index in [9.17, 15) is 39.9 Å². The van der Waals surface area contributed by atoms with Crippen LogP contribution in [0, 0.1) is 16.7 Å². The Morgan fingerprint density at radius 3 is 2.37 bits per heavy atom. The molecule has 0 unspecified atom stereocenters. The summed E-state index contributed by atoms with van der Waals surface area (Å²) in [7, 11) is 1.60. The smallest absolute Gasteiger partial charge is 0.370 e. The first-order chi connectivity index (χ1) is 24.5. The summed E-state index contributed by atoms with van der Waals surface area (Å²) in [6.45, 7) is -1.12. The van der Waals surface area contributed by atoms with Crippen LogP contribution >= 0.6 is 0 Å². The summed E-state index contributed by atoms with van der Waals surface area (Å²) in [6, 6.07) is 9.95. The van der Waals surface area contributed by atoms with Crippen molar-refractivity contribution in [2.24, 2.45) is 12.5 Å². The lowest BCUT2D eigenvalue weighted by atomic mass is 9.96. The van der Waals surface area contributed by atoms with Crippen LogP contribution in [0.3, 0.4) is 0 Å². The van der Waals surface area contributed by atoms with Crippen molar-refractivity contribution in [2.45, 2.75) is 57.0 Å². The highest BCUT2D eigenvalue weighted by Crippen LogP contribution is 2.61. The zero-order valence-electron chi connectivity index (χ0n) is 27.5. The molecular weight excluding hydrogens is 700 g/mol. The molecule has 2 aromatic heterocycles. The van der Waals surface area contributed by atoms with Gasteiger partial charge in [-0.2, -0.15) is 31.6 Å². The number of hydrogen-bond donors (Lipinski definition) is 1. The topological polar surface area (TPSA) is 103 Å². The van der Waals surface area contributed by atoms with Crippen LogP contribution in [0.1, 0.15) is 58.3 Å². The molecule has 1 saturated heterocycles. The van der Waals surface area contributed by atoms with Gasteiger partial charge in [-0.25, -0.2) is 13.8 Å². The Labute approximate surface area is 291 Å². The van der Waals surface area contributed by atoms with Crippen LogP contribution in [0.25, 0.3) is 22.5 Å². The Kier molecular flexibility index (Phi) is 8.51. The Balaban J connectivity index is 1.30. The van der Waals surface area contributed by atoms with Gasteiger partial charge in [-0.1, -0.05) is 0 Å². The molecule has 7 rings (SSSR count). The molecule has 1 aliphatic carbocycles. The number of aryl methyl sites for hydroxylation is 1. The summed E-state index contributed by atoms with van der Waals surface area (Å²) in [4.78, 5) is 20.9. The third-order valence-corrected chi connectivity index (χ3v) is 9.86. The van der Waals surface area contributed by atoms with Gasteiger partial charge in [0, 0.05) is 49.6 Å². The second-order valence-electron chi connectivity index (χ2n) is 13.5. The maximum Gasteiger partial charge on any atom is 0.416 e. The molecule has 1 N–H and O–H groups in total. The van der Waals surface area contributed by atoms with Crippen molar-refractivity contribution in [2.75, 3.05) is 29.9 Å². The molecule has 1 spiro atoms. The molecule has 1 saturated carbocycles. The van der Waals surface area contributed by atoms with E-state index in [0.717, 1.165) is 23.1 Å². The van der Waals surface area contributed by atoms with Crippen LogP contribution in [0.2, 0.25) is 0 Å². The number of anilines is 2. The van der Waals surface area contributed by atoms with E-state index in [-0.39, 0.29) is 76.9 Å². The number of fused-ring (bicyclic) bond motifs is 1. The SMILES string of the molecule is Cn1cnnc1-c1ccc(C(F)(F)F)cc1-c1cc(NCCCC#N)nc(N2Cc3c(cc(CN4CC(F)(F)C5(CC5)C4)cc3C(F)(F)F)C2=O)c1. The van der Waals surface area contributed by atoms with Crippen molar-refractivity contribution in [3.63, 3.8) is 0 Å². The third-order valence-electron chi connectivity index (χ3n) is 9.86. The lowest BCUT2D eigenvalue weighted by Gasteiger charge is -2.20. The molecule has 0 bridgehead atoms. The normalized spacial score (nSPS) is 17.8. The van der Waals surface area contributed by atoms with Crippen molar-refractivity contribution in [1.29, 1.82) is 5.26 Å². The minimum atomic E-state index is -4.89. The Morgan fingerprint density at radius 2 is 1.73 bits per heavy atom. The lowest BCUT2D eigenvalue weighted by molar-refractivity contribution is -0.138. The van der Waals surface area contributed by atoms with Gasteiger partial charge in [0.2, 0.25) is 0 Å². The molecule has 3 aliphatic rings. The van der Waals surface area contributed by atoms with Crippen LogP contribution in [0.5, 0.6) is 0 Å². The van der Waals surface area contributed by atoms with E-state index in [1.807, 2.05) is 6.07 Å². The molecule has 0 radical (unpaired) electrons. The average molecular weight is 731 g/mol. The van der Waals surface area contributed by atoms with Crippen molar-refractivity contribution in [3.8, 4) is 28.6 Å². The number of benzene rings is 2. The number of carbonyl (C=O) groups is 1. The van der Waals surface area contributed by atoms with Crippen LogP contribution in [0.15, 0.2) is 48.8 Å². The first-order valence-corrected chi connectivity index (χ1v) is 16.3. The molecule has 2 aromatic carbocycles. The molecule has 52 heavy (non-hydrogen) atoms. The zero-order valence-corrected chi connectivity index (χ0v) is 27.5. The van der Waals surface area contributed by atoms with E-state index < -0.39 is 53.8 Å². The van der Waals surface area contributed by atoms with Crippen LogP contribution in [0.4, 0.5) is 46.8 Å². The minimum absolute atomic E-state index is 0.0330. The van der Waals surface area contributed by atoms with Gasteiger partial charge in [0.05, 0.1) is 30.3 Å². The minimum Gasteiger partial charge on any atom is -0.370 e. The fraction of sp³-hybridized carbons (Fsp3) is 0.400. The van der Waals surface area contributed by atoms with E-state index >= 15 is 0 Å². The number of likely N-dealkylation sites (tertiary alicyclic amines) is 1. The number of nitrogens with zero attached hydrogens (tertiary/aromatic N) is 7. The monoisotopic (exact) mass is 730 g/mol. The number of pyridine rings is 1. The molecule has 17 heteroatoms. The van der Waals surface area contributed by atoms with E-state index in [4.69, 9.17) is 5.26 Å². The summed E-state index contributed by atoms with van der Waals surface area (Å²) in [6.07, 6.45) is -7.03. The van der Waals surface area contributed by atoms with Gasteiger partial charge in [-0.3, -0.25) is 14.6 Å². The van der Waals surface area contributed by atoms with Crippen LogP contribution < -0.4 is 10.2 Å². The van der Waals surface area contributed by atoms with Gasteiger partial charge in [-0.15, -0.1) is 10.2 Å². The van der Waals surface area contributed by atoms with Crippen LogP contribution in [-0.2, 0) is 32.5 Å². The number of carbonyl (C=O) groups excluding carboxylic acids is 1. The second-order valence-corrected chi connectivity index (χ2v) is 13.5. The van der Waals surface area contributed by atoms with E-state index in [1.165, 1.54) is 40.1 Å². The fourth-order valence-corrected chi connectivity index (χ4v) is 7.06. The predicted octanol–water partition coefficient (Wildman–Crippen LogP) is 7.69. The Bertz CT molecular complexity index is 2090. The molecule has 4 aromatic rings. The highest BCUT2D eigenvalue weighted by molar-refractivity contribution is 6.10. The molecule has 2 aliphatic heterocycles. The summed E-state index contributed by atoms with van der Waals surface area (Å²) in [5.41, 5.74) is -3.36. The molecule has 1 amide bonds. The maximum absolute atomic E-state index is 14.7. The summed E-state index contributed by atoms with van der Waals surface area (Å²) in [5.74, 6) is -3.64. The fourth-order valence-electron chi connectivity index (χ4n) is 7.06. The van der Waals surface area contributed by atoms with Gasteiger partial charge in [0.15, 0.2) is 5.82 Å². The molecule has 2 fully saturated rings. The van der Waals surface area contributed by atoms with Gasteiger partial charge in [-0.05, 0) is 84.0 Å². The van der Waals surface area contributed by atoms with Crippen molar-refractivity contribution < 1.29 is 39.9 Å². The lowest BCUT2D eigenvalue weighted by Crippen LogP contribution is -2.28. The van der Waals surface area contributed by atoms with E-state index in [0.29, 0.717) is 19.3 Å². The summed E-state index contributed by atoms with van der Waals surface area (Å²) >= 11 is 0. The molecule has 9 nitrogen and oxygen atoms in total. The standard InChI is InChI=1S/C35H30F8N8O/c1-49-19-46-48-30(49)23-5-4-22(34(38,39)40)14-24(23)21-12-28(45-9-3-2-8-44)47-29(13-21)51-16-26-25(31(51)52)10-20(11-27(26)35(41,42)43)15-50-17-32(6-7-32)33(36,37)18-50/h4-5,10-14,19H,2-3,6-7,9,15-18H2,1H3,(H,45,47). The Hall–Kier alpha value is -5.11. The van der Waals surface area contributed by atoms with Crippen molar-refractivity contribution >= 4 is 17.5 Å². The second kappa shape index (κ2) is 12.5. The quantitative estimate of drug-likeness (QED) is 0.139. The van der Waals surface area contributed by atoms with Crippen molar-refractivity contribution in [3.05, 3.63) is 76.6 Å².